The van der Waals surface area contributed by atoms with E-state index in [-0.39, 0.29) is 17.2 Å². The van der Waals surface area contributed by atoms with Gasteiger partial charge in [0.2, 0.25) is 5.75 Å². The maximum absolute atomic E-state index is 12.1. The van der Waals surface area contributed by atoms with Crippen molar-refractivity contribution in [1.82, 2.24) is 4.57 Å². The number of pyridine rings is 1. The number of methoxy groups -OCH3 is 1. The lowest BCUT2D eigenvalue weighted by molar-refractivity contribution is -0.132. The van der Waals surface area contributed by atoms with Crippen LogP contribution >= 0.6 is 0 Å². The van der Waals surface area contributed by atoms with Crippen LogP contribution in [0, 0.1) is 0 Å². The second kappa shape index (κ2) is 4.64. The average Bonchev–Trinajstić information content (AvgIpc) is 2.36. The number of phenolic OH excluding ortho intramolecular Hbond substituents is 1. The van der Waals surface area contributed by atoms with Crippen LogP contribution in [0.1, 0.15) is 6.92 Å². The molecule has 19 heavy (non-hydrogen) atoms. The predicted molar refractivity (Wildman–Crippen MR) is 68.7 cm³/mol. The fourth-order valence-electron chi connectivity index (χ4n) is 1.91. The van der Waals surface area contributed by atoms with Gasteiger partial charge >= 0.3 is 5.97 Å². The molecular weight excluding hydrogens is 250 g/mol. The Morgan fingerprint density at radius 2 is 2.00 bits per heavy atom. The maximum atomic E-state index is 12.1. The van der Waals surface area contributed by atoms with E-state index >= 15 is 0 Å². The Morgan fingerprint density at radius 3 is 2.58 bits per heavy atom. The van der Waals surface area contributed by atoms with Gasteiger partial charge in [-0.1, -0.05) is 0 Å². The van der Waals surface area contributed by atoms with Crippen molar-refractivity contribution >= 4 is 16.9 Å². The summed E-state index contributed by atoms with van der Waals surface area (Å²) in [6.45, 7) is 1.21. The first-order valence-corrected chi connectivity index (χ1v) is 5.53. The number of hydrogen-bond acceptors (Lipinski definition) is 5. The Kier molecular flexibility index (Phi) is 3.16. The standard InChI is InChI=1S/C13H13NO5/c1-7(15)19-12-11(18-3)9-5-4-8(16)6-10(9)14(2)13(12)17/h4-6,16H,1-3H3. The number of ether oxygens (including phenoxy) is 2. The van der Waals surface area contributed by atoms with E-state index in [0.717, 1.165) is 0 Å². The van der Waals surface area contributed by atoms with Gasteiger partial charge in [0.15, 0.2) is 5.75 Å². The Morgan fingerprint density at radius 1 is 1.32 bits per heavy atom. The molecule has 6 heteroatoms. The molecule has 0 spiro atoms. The van der Waals surface area contributed by atoms with E-state index in [4.69, 9.17) is 9.47 Å². The molecule has 100 valence electrons. The summed E-state index contributed by atoms with van der Waals surface area (Å²) < 4.78 is 11.4. The molecule has 2 aromatic rings. The Bertz CT molecular complexity index is 717. The molecule has 2 rings (SSSR count). The third kappa shape index (κ3) is 2.12. The summed E-state index contributed by atoms with van der Waals surface area (Å²) >= 11 is 0. The van der Waals surface area contributed by atoms with E-state index < -0.39 is 11.5 Å². The summed E-state index contributed by atoms with van der Waals surface area (Å²) in [6.07, 6.45) is 0. The average molecular weight is 263 g/mol. The van der Waals surface area contributed by atoms with Gasteiger partial charge in [-0.3, -0.25) is 9.59 Å². The van der Waals surface area contributed by atoms with E-state index in [0.29, 0.717) is 10.9 Å². The minimum atomic E-state index is -0.603. The van der Waals surface area contributed by atoms with Gasteiger partial charge in [-0.05, 0) is 12.1 Å². The van der Waals surface area contributed by atoms with Gasteiger partial charge in [0.25, 0.3) is 5.56 Å². The van der Waals surface area contributed by atoms with E-state index in [1.165, 1.54) is 37.8 Å². The summed E-state index contributed by atoms with van der Waals surface area (Å²) in [6, 6.07) is 4.50. The van der Waals surface area contributed by atoms with Gasteiger partial charge in [0, 0.05) is 25.4 Å². The van der Waals surface area contributed by atoms with Gasteiger partial charge in [-0.2, -0.15) is 0 Å². The summed E-state index contributed by atoms with van der Waals surface area (Å²) in [5, 5.41) is 10.1. The van der Waals surface area contributed by atoms with Crippen LogP contribution in [0.25, 0.3) is 10.9 Å². The summed E-state index contributed by atoms with van der Waals surface area (Å²) in [5.74, 6) is -0.553. The normalized spacial score (nSPS) is 10.5. The van der Waals surface area contributed by atoms with Gasteiger partial charge in [0.05, 0.1) is 12.6 Å². The molecule has 0 unspecified atom stereocenters. The highest BCUT2D eigenvalue weighted by Gasteiger charge is 2.19. The van der Waals surface area contributed by atoms with Gasteiger partial charge < -0.3 is 19.1 Å². The van der Waals surface area contributed by atoms with Crippen LogP contribution in [0.15, 0.2) is 23.0 Å². The molecule has 0 aliphatic carbocycles. The quantitative estimate of drug-likeness (QED) is 0.823. The highest BCUT2D eigenvalue weighted by molar-refractivity contribution is 5.89. The van der Waals surface area contributed by atoms with E-state index in [2.05, 4.69) is 0 Å². The molecule has 0 saturated heterocycles. The number of aryl methyl sites for hydroxylation is 1. The maximum Gasteiger partial charge on any atom is 0.308 e. The first-order chi connectivity index (χ1) is 8.95. The Balaban J connectivity index is 2.90. The van der Waals surface area contributed by atoms with Crippen LogP contribution in [0.5, 0.6) is 17.2 Å². The number of hydrogen-bond donors (Lipinski definition) is 1. The third-order valence-corrected chi connectivity index (χ3v) is 2.74. The zero-order valence-corrected chi connectivity index (χ0v) is 10.8. The second-order valence-electron chi connectivity index (χ2n) is 4.02. The second-order valence-corrected chi connectivity index (χ2v) is 4.02. The van der Waals surface area contributed by atoms with E-state index in [1.807, 2.05) is 0 Å². The first kappa shape index (κ1) is 12.9. The minimum Gasteiger partial charge on any atom is -0.508 e. The monoisotopic (exact) mass is 263 g/mol. The summed E-state index contributed by atoms with van der Waals surface area (Å²) in [4.78, 5) is 23.2. The smallest absolute Gasteiger partial charge is 0.308 e. The zero-order valence-electron chi connectivity index (χ0n) is 10.8. The highest BCUT2D eigenvalue weighted by Crippen LogP contribution is 2.33. The molecule has 0 aliphatic rings. The molecule has 1 aromatic heterocycles. The van der Waals surface area contributed by atoms with Crippen LogP contribution in [0.3, 0.4) is 0 Å². The van der Waals surface area contributed by atoms with Crippen molar-refractivity contribution in [3.05, 3.63) is 28.6 Å². The predicted octanol–water partition coefficient (Wildman–Crippen LogP) is 1.18. The van der Waals surface area contributed by atoms with E-state index in [9.17, 15) is 14.7 Å². The fourth-order valence-corrected chi connectivity index (χ4v) is 1.91. The number of aromatic nitrogens is 1. The number of aromatic hydroxyl groups is 1. The van der Waals surface area contributed by atoms with Gasteiger partial charge in [0.1, 0.15) is 5.75 Å². The number of carbonyl (C=O) groups excluding carboxylic acids is 1. The fraction of sp³-hybridized carbons (Fsp3) is 0.231. The third-order valence-electron chi connectivity index (χ3n) is 2.74. The molecule has 0 amide bonds. The molecule has 6 nitrogen and oxygen atoms in total. The van der Waals surface area contributed by atoms with Crippen LogP contribution < -0.4 is 15.0 Å². The molecule has 1 heterocycles. The number of rotatable bonds is 2. The lowest BCUT2D eigenvalue weighted by atomic mass is 10.1. The van der Waals surface area contributed by atoms with Gasteiger partial charge in [-0.25, -0.2) is 0 Å². The minimum absolute atomic E-state index is 0.0322. The van der Waals surface area contributed by atoms with Crippen LogP contribution in [-0.4, -0.2) is 22.8 Å². The van der Waals surface area contributed by atoms with Crippen molar-refractivity contribution < 1.29 is 19.4 Å². The van der Waals surface area contributed by atoms with Crippen molar-refractivity contribution in [2.24, 2.45) is 7.05 Å². The van der Waals surface area contributed by atoms with Crippen LogP contribution in [0.4, 0.5) is 0 Å². The summed E-state index contributed by atoms with van der Waals surface area (Å²) in [5.41, 5.74) is -0.0251. The van der Waals surface area contributed by atoms with Gasteiger partial charge in [-0.15, -0.1) is 0 Å². The van der Waals surface area contributed by atoms with Crippen LogP contribution in [-0.2, 0) is 11.8 Å². The molecule has 0 radical (unpaired) electrons. The SMILES string of the molecule is COc1c(OC(C)=O)c(=O)n(C)c2cc(O)ccc12. The molecule has 0 atom stereocenters. The molecule has 1 N–H and O–H groups in total. The number of esters is 1. The number of benzene rings is 1. The number of fused-ring (bicyclic) bond motifs is 1. The lowest BCUT2D eigenvalue weighted by Crippen LogP contribution is -2.22. The largest absolute Gasteiger partial charge is 0.508 e. The van der Waals surface area contributed by atoms with Crippen molar-refractivity contribution in [3.8, 4) is 17.2 Å². The molecule has 0 aliphatic heterocycles. The Labute approximate surface area is 108 Å². The van der Waals surface area contributed by atoms with Crippen molar-refractivity contribution in [3.63, 3.8) is 0 Å². The first-order valence-electron chi connectivity index (χ1n) is 5.53. The number of carbonyl (C=O) groups is 1. The number of nitrogens with zero attached hydrogens (tertiary/aromatic N) is 1. The molecule has 0 saturated carbocycles. The molecular formula is C13H13NO5. The van der Waals surface area contributed by atoms with Crippen molar-refractivity contribution in [2.45, 2.75) is 6.92 Å². The lowest BCUT2D eigenvalue weighted by Gasteiger charge is -2.13. The topological polar surface area (TPSA) is 77.8 Å². The molecule has 0 bridgehead atoms. The molecule has 1 aromatic carbocycles. The molecule has 0 fully saturated rings. The highest BCUT2D eigenvalue weighted by atomic mass is 16.6. The Hall–Kier alpha value is -2.50. The zero-order chi connectivity index (χ0) is 14.2. The van der Waals surface area contributed by atoms with Crippen molar-refractivity contribution in [1.29, 1.82) is 0 Å². The van der Waals surface area contributed by atoms with Crippen molar-refractivity contribution in [2.75, 3.05) is 7.11 Å². The summed E-state index contributed by atoms with van der Waals surface area (Å²) in [7, 11) is 2.91. The van der Waals surface area contributed by atoms with E-state index in [1.54, 1.807) is 6.07 Å². The van der Waals surface area contributed by atoms with Crippen LogP contribution in [0.2, 0.25) is 0 Å². The number of phenols is 1.